The van der Waals surface area contributed by atoms with Crippen LogP contribution in [-0.4, -0.2) is 20.2 Å². The Balaban J connectivity index is 0.00000161. The van der Waals surface area contributed by atoms with Gasteiger partial charge in [0, 0.05) is 11.4 Å². The number of methoxy groups -OCH3 is 1. The van der Waals surface area contributed by atoms with Crippen molar-refractivity contribution in [2.45, 2.75) is 18.9 Å². The van der Waals surface area contributed by atoms with E-state index in [1.54, 1.807) is 7.11 Å². The molecule has 114 valence electrons. The number of ether oxygens (including phenoxy) is 1. The molecule has 0 aliphatic carbocycles. The van der Waals surface area contributed by atoms with E-state index in [1.165, 1.54) is 10.9 Å². The van der Waals surface area contributed by atoms with Crippen LogP contribution in [0.4, 0.5) is 0 Å². The molecule has 1 aliphatic rings. The van der Waals surface area contributed by atoms with E-state index in [2.05, 4.69) is 29.6 Å². The lowest BCUT2D eigenvalue weighted by molar-refractivity contribution is 0.323. The fraction of sp³-hybridized carbons (Fsp3) is 0.412. The Kier molecular flexibility index (Phi) is 5.45. The average molecular weight is 307 g/mol. The van der Waals surface area contributed by atoms with Crippen molar-refractivity contribution in [2.75, 3.05) is 20.2 Å². The second kappa shape index (κ2) is 7.12. The van der Waals surface area contributed by atoms with Crippen LogP contribution in [-0.2, 0) is 0 Å². The van der Waals surface area contributed by atoms with E-state index in [4.69, 9.17) is 10.5 Å². The zero-order chi connectivity index (χ0) is 13.9. The van der Waals surface area contributed by atoms with Gasteiger partial charge in [-0.2, -0.15) is 0 Å². The number of piperidine rings is 1. The maximum absolute atomic E-state index is 6.56. The van der Waals surface area contributed by atoms with Gasteiger partial charge < -0.3 is 15.8 Å². The van der Waals surface area contributed by atoms with Crippen molar-refractivity contribution in [1.29, 1.82) is 0 Å². The van der Waals surface area contributed by atoms with Crippen molar-refractivity contribution < 1.29 is 4.74 Å². The minimum atomic E-state index is 0. The van der Waals surface area contributed by atoms with Crippen LogP contribution in [0.3, 0.4) is 0 Å². The summed E-state index contributed by atoms with van der Waals surface area (Å²) in [6.07, 6.45) is 2.31. The van der Waals surface area contributed by atoms with Crippen molar-refractivity contribution in [3.8, 4) is 5.75 Å². The van der Waals surface area contributed by atoms with Crippen LogP contribution in [0.5, 0.6) is 5.75 Å². The lowest BCUT2D eigenvalue weighted by Crippen LogP contribution is -2.33. The van der Waals surface area contributed by atoms with Crippen LogP contribution >= 0.6 is 12.4 Å². The molecule has 3 N–H and O–H groups in total. The molecule has 0 aromatic heterocycles. The third-order valence-electron chi connectivity index (χ3n) is 4.39. The molecule has 0 bridgehead atoms. The van der Waals surface area contributed by atoms with Crippen LogP contribution < -0.4 is 15.8 Å². The molecule has 4 heteroatoms. The molecule has 3 nitrogen and oxygen atoms in total. The number of hydrogen-bond donors (Lipinski definition) is 2. The van der Waals surface area contributed by atoms with Gasteiger partial charge in [0.05, 0.1) is 7.11 Å². The highest BCUT2D eigenvalue weighted by molar-refractivity contribution is 5.91. The van der Waals surface area contributed by atoms with E-state index in [0.29, 0.717) is 5.92 Å². The highest BCUT2D eigenvalue weighted by Gasteiger charge is 2.23. The first-order valence-corrected chi connectivity index (χ1v) is 7.33. The van der Waals surface area contributed by atoms with Gasteiger partial charge in [-0.15, -0.1) is 12.4 Å². The molecule has 0 spiro atoms. The van der Waals surface area contributed by atoms with E-state index in [0.717, 1.165) is 37.1 Å². The van der Waals surface area contributed by atoms with Gasteiger partial charge in [-0.3, -0.25) is 0 Å². The second-order valence-corrected chi connectivity index (χ2v) is 5.52. The first-order valence-electron chi connectivity index (χ1n) is 7.33. The number of hydrogen-bond acceptors (Lipinski definition) is 3. The van der Waals surface area contributed by atoms with Crippen molar-refractivity contribution >= 4 is 23.2 Å². The third-order valence-corrected chi connectivity index (χ3v) is 4.39. The number of benzene rings is 2. The highest BCUT2D eigenvalue weighted by atomic mass is 35.5. The van der Waals surface area contributed by atoms with Crippen molar-refractivity contribution in [3.63, 3.8) is 0 Å². The summed E-state index contributed by atoms with van der Waals surface area (Å²) in [4.78, 5) is 0. The fourth-order valence-corrected chi connectivity index (χ4v) is 3.22. The van der Waals surface area contributed by atoms with Crippen LogP contribution in [0.25, 0.3) is 10.8 Å². The topological polar surface area (TPSA) is 47.3 Å². The number of fused-ring (bicyclic) bond motifs is 1. The Labute approximate surface area is 132 Å². The van der Waals surface area contributed by atoms with Gasteiger partial charge in [-0.05, 0) is 48.9 Å². The zero-order valence-corrected chi connectivity index (χ0v) is 13.2. The van der Waals surface area contributed by atoms with E-state index in [1.807, 2.05) is 12.1 Å². The first-order chi connectivity index (χ1) is 9.81. The Morgan fingerprint density at radius 1 is 1.10 bits per heavy atom. The van der Waals surface area contributed by atoms with E-state index >= 15 is 0 Å². The smallest absolute Gasteiger partial charge is 0.126 e. The lowest BCUT2D eigenvalue weighted by atomic mass is 9.84. The molecule has 0 unspecified atom stereocenters. The van der Waals surface area contributed by atoms with Gasteiger partial charge in [0.1, 0.15) is 5.75 Å². The molecule has 0 amide bonds. The Morgan fingerprint density at radius 3 is 2.43 bits per heavy atom. The molecule has 1 aliphatic heterocycles. The monoisotopic (exact) mass is 306 g/mol. The first kappa shape index (κ1) is 16.1. The molecule has 0 saturated carbocycles. The summed E-state index contributed by atoms with van der Waals surface area (Å²) in [5.41, 5.74) is 7.80. The van der Waals surface area contributed by atoms with Gasteiger partial charge in [-0.25, -0.2) is 0 Å². The van der Waals surface area contributed by atoms with E-state index in [9.17, 15) is 0 Å². The molecule has 0 radical (unpaired) electrons. The summed E-state index contributed by atoms with van der Waals surface area (Å²) in [7, 11) is 1.72. The van der Waals surface area contributed by atoms with Gasteiger partial charge in [-0.1, -0.05) is 30.3 Å². The van der Waals surface area contributed by atoms with Crippen LogP contribution in [0.15, 0.2) is 36.4 Å². The maximum Gasteiger partial charge on any atom is 0.126 e. The van der Waals surface area contributed by atoms with Gasteiger partial charge in [0.25, 0.3) is 0 Å². The molecule has 21 heavy (non-hydrogen) atoms. The van der Waals surface area contributed by atoms with E-state index < -0.39 is 0 Å². The minimum absolute atomic E-state index is 0. The fourth-order valence-electron chi connectivity index (χ4n) is 3.22. The summed E-state index contributed by atoms with van der Waals surface area (Å²) < 4.78 is 5.46. The second-order valence-electron chi connectivity index (χ2n) is 5.52. The summed E-state index contributed by atoms with van der Waals surface area (Å²) in [6.45, 7) is 2.15. The quantitative estimate of drug-likeness (QED) is 0.915. The van der Waals surface area contributed by atoms with Crippen LogP contribution in [0.2, 0.25) is 0 Å². The molecule has 1 heterocycles. The van der Waals surface area contributed by atoms with Crippen molar-refractivity contribution in [3.05, 3.63) is 42.0 Å². The Bertz CT molecular complexity index is 596. The van der Waals surface area contributed by atoms with Crippen LogP contribution in [0.1, 0.15) is 24.4 Å². The van der Waals surface area contributed by atoms with E-state index in [-0.39, 0.29) is 18.4 Å². The summed E-state index contributed by atoms with van der Waals surface area (Å²) in [5, 5.41) is 5.77. The maximum atomic E-state index is 6.56. The largest absolute Gasteiger partial charge is 0.496 e. The van der Waals surface area contributed by atoms with Gasteiger partial charge >= 0.3 is 0 Å². The highest BCUT2D eigenvalue weighted by Crippen LogP contribution is 2.35. The van der Waals surface area contributed by atoms with Gasteiger partial charge in [0.2, 0.25) is 0 Å². The number of rotatable bonds is 3. The zero-order valence-electron chi connectivity index (χ0n) is 12.3. The molecule has 2 aromatic carbocycles. The molecular formula is C17H23ClN2O. The predicted octanol–water partition coefficient (Wildman–Crippen LogP) is 3.27. The minimum Gasteiger partial charge on any atom is -0.496 e. The van der Waals surface area contributed by atoms with Crippen LogP contribution in [0, 0.1) is 5.92 Å². The lowest BCUT2D eigenvalue weighted by Gasteiger charge is -2.29. The van der Waals surface area contributed by atoms with Crippen molar-refractivity contribution in [2.24, 2.45) is 11.7 Å². The molecule has 1 atom stereocenters. The molecule has 1 saturated heterocycles. The summed E-state index contributed by atoms with van der Waals surface area (Å²) >= 11 is 0. The predicted molar refractivity (Wildman–Crippen MR) is 90.3 cm³/mol. The number of nitrogens with two attached hydrogens (primary N) is 1. The molecule has 3 rings (SSSR count). The number of nitrogens with one attached hydrogen (secondary N) is 1. The van der Waals surface area contributed by atoms with Gasteiger partial charge in [0.15, 0.2) is 0 Å². The molecular weight excluding hydrogens is 284 g/mol. The Hall–Kier alpha value is -1.29. The SMILES string of the molecule is COc1ccc([C@H](N)C2CCNCC2)c2ccccc12.Cl. The molecule has 2 aromatic rings. The normalized spacial score (nSPS) is 17.2. The van der Waals surface area contributed by atoms with Crippen molar-refractivity contribution in [1.82, 2.24) is 5.32 Å². The summed E-state index contributed by atoms with van der Waals surface area (Å²) in [5.74, 6) is 1.48. The Morgan fingerprint density at radius 2 is 1.76 bits per heavy atom. The standard InChI is InChI=1S/C17H22N2O.ClH/c1-20-16-7-6-15(13-4-2-3-5-14(13)16)17(18)12-8-10-19-11-9-12;/h2-7,12,17,19H,8-11,18H2,1H3;1H/t17-;/m1./s1. The third kappa shape index (κ3) is 3.15. The molecule has 1 fully saturated rings. The number of halogens is 1. The average Bonchev–Trinajstić information content (AvgIpc) is 2.54. The summed E-state index contributed by atoms with van der Waals surface area (Å²) in [6, 6.07) is 12.6.